The van der Waals surface area contributed by atoms with Crippen LogP contribution in [0.3, 0.4) is 0 Å². The molecule has 2 aliphatic heterocycles. The van der Waals surface area contributed by atoms with Gasteiger partial charge in [-0.15, -0.1) is 0 Å². The second kappa shape index (κ2) is 7.93. The minimum absolute atomic E-state index is 0.194. The van der Waals surface area contributed by atoms with Gasteiger partial charge in [0.2, 0.25) is 5.91 Å². The average molecular weight is 284 g/mol. The summed E-state index contributed by atoms with van der Waals surface area (Å²) >= 11 is 0. The number of carbonyl (C=O) groups excluding carboxylic acids is 1. The molecule has 6 heteroatoms. The minimum Gasteiger partial charge on any atom is -0.390 e. The van der Waals surface area contributed by atoms with Gasteiger partial charge in [0.05, 0.1) is 12.6 Å². The quantitative estimate of drug-likeness (QED) is 0.642. The van der Waals surface area contributed by atoms with Crippen molar-refractivity contribution in [2.45, 2.75) is 18.9 Å². The monoisotopic (exact) mass is 284 g/mol. The minimum atomic E-state index is -0.385. The molecule has 2 fully saturated rings. The van der Waals surface area contributed by atoms with E-state index in [0.29, 0.717) is 19.6 Å². The third-order valence-corrected chi connectivity index (χ3v) is 4.06. The number of hydrogen-bond donors (Lipinski definition) is 2. The molecule has 1 unspecified atom stereocenters. The van der Waals surface area contributed by atoms with Crippen molar-refractivity contribution in [3.63, 3.8) is 0 Å². The van der Waals surface area contributed by atoms with E-state index in [9.17, 15) is 9.90 Å². The lowest BCUT2D eigenvalue weighted by Gasteiger charge is -2.30. The molecule has 0 bridgehead atoms. The number of likely N-dealkylation sites (tertiary alicyclic amines) is 1. The summed E-state index contributed by atoms with van der Waals surface area (Å²) in [5.41, 5.74) is 0. The first-order valence-electron chi connectivity index (χ1n) is 7.72. The summed E-state index contributed by atoms with van der Waals surface area (Å²) in [4.78, 5) is 18.2. The van der Waals surface area contributed by atoms with E-state index in [2.05, 4.69) is 10.2 Å². The Kier molecular flexibility index (Phi) is 6.22. The van der Waals surface area contributed by atoms with Crippen LogP contribution in [0, 0.1) is 0 Å². The van der Waals surface area contributed by atoms with Gasteiger partial charge in [0.25, 0.3) is 0 Å². The molecule has 2 heterocycles. The zero-order chi connectivity index (χ0) is 14.4. The SMILES string of the molecule is CN(CC(=O)N1CCCC1)CC(O)CN1CCNCC1. The van der Waals surface area contributed by atoms with Crippen molar-refractivity contribution in [1.82, 2.24) is 20.0 Å². The van der Waals surface area contributed by atoms with E-state index < -0.39 is 0 Å². The van der Waals surface area contributed by atoms with Gasteiger partial charge >= 0.3 is 0 Å². The maximum Gasteiger partial charge on any atom is 0.236 e. The fourth-order valence-corrected chi connectivity index (χ4v) is 2.97. The van der Waals surface area contributed by atoms with Gasteiger partial charge < -0.3 is 15.3 Å². The molecular formula is C14H28N4O2. The number of carbonyl (C=O) groups is 1. The lowest BCUT2D eigenvalue weighted by molar-refractivity contribution is -0.131. The summed E-state index contributed by atoms with van der Waals surface area (Å²) in [6, 6.07) is 0. The molecule has 2 saturated heterocycles. The molecule has 0 aromatic heterocycles. The van der Waals surface area contributed by atoms with Crippen molar-refractivity contribution in [2.24, 2.45) is 0 Å². The normalized spacial score (nSPS) is 22.4. The molecule has 2 aliphatic rings. The first kappa shape index (κ1) is 15.7. The molecule has 0 spiro atoms. The highest BCUT2D eigenvalue weighted by Gasteiger charge is 2.21. The van der Waals surface area contributed by atoms with Crippen LogP contribution >= 0.6 is 0 Å². The van der Waals surface area contributed by atoms with Gasteiger partial charge in [-0.2, -0.15) is 0 Å². The summed E-state index contributed by atoms with van der Waals surface area (Å²) in [6.07, 6.45) is 1.87. The number of likely N-dealkylation sites (N-methyl/N-ethyl adjacent to an activating group) is 1. The number of hydrogen-bond acceptors (Lipinski definition) is 5. The molecular weight excluding hydrogens is 256 g/mol. The van der Waals surface area contributed by atoms with Crippen LogP contribution in [0.2, 0.25) is 0 Å². The van der Waals surface area contributed by atoms with Crippen molar-refractivity contribution in [3.8, 4) is 0 Å². The number of nitrogens with one attached hydrogen (secondary N) is 1. The maximum atomic E-state index is 12.0. The maximum absolute atomic E-state index is 12.0. The van der Waals surface area contributed by atoms with Crippen LogP contribution in [0.25, 0.3) is 0 Å². The topological polar surface area (TPSA) is 59.1 Å². The molecule has 6 nitrogen and oxygen atoms in total. The van der Waals surface area contributed by atoms with Gasteiger partial charge in [0.1, 0.15) is 0 Å². The van der Waals surface area contributed by atoms with Crippen LogP contribution in [0.1, 0.15) is 12.8 Å². The Labute approximate surface area is 121 Å². The fraction of sp³-hybridized carbons (Fsp3) is 0.929. The van der Waals surface area contributed by atoms with Gasteiger partial charge in [-0.25, -0.2) is 0 Å². The van der Waals surface area contributed by atoms with Crippen LogP contribution in [-0.4, -0.2) is 97.8 Å². The molecule has 116 valence electrons. The number of β-amino-alcohol motifs (C(OH)–C–C–N with tert-alkyl or cyclic N) is 1. The Hall–Kier alpha value is -0.690. The molecule has 0 saturated carbocycles. The van der Waals surface area contributed by atoms with Gasteiger partial charge in [0, 0.05) is 52.4 Å². The summed E-state index contributed by atoms with van der Waals surface area (Å²) in [7, 11) is 1.91. The van der Waals surface area contributed by atoms with Crippen LogP contribution in [0.5, 0.6) is 0 Å². The molecule has 0 aromatic rings. The summed E-state index contributed by atoms with van der Waals surface area (Å²) < 4.78 is 0. The zero-order valence-corrected chi connectivity index (χ0v) is 12.6. The number of nitrogens with zero attached hydrogens (tertiary/aromatic N) is 3. The van der Waals surface area contributed by atoms with Gasteiger partial charge in [0.15, 0.2) is 0 Å². The van der Waals surface area contributed by atoms with E-state index in [-0.39, 0.29) is 12.0 Å². The highest BCUT2D eigenvalue weighted by molar-refractivity contribution is 5.78. The molecule has 0 aliphatic carbocycles. The molecule has 20 heavy (non-hydrogen) atoms. The zero-order valence-electron chi connectivity index (χ0n) is 12.6. The predicted octanol–water partition coefficient (Wildman–Crippen LogP) is -1.19. The smallest absolute Gasteiger partial charge is 0.236 e. The molecule has 1 amide bonds. The van der Waals surface area contributed by atoms with Crippen molar-refractivity contribution >= 4 is 5.91 Å². The summed E-state index contributed by atoms with van der Waals surface area (Å²) in [5.74, 6) is 0.194. The number of aliphatic hydroxyl groups excluding tert-OH is 1. The van der Waals surface area contributed by atoms with E-state index in [4.69, 9.17) is 0 Å². The molecule has 0 aromatic carbocycles. The molecule has 2 N–H and O–H groups in total. The fourth-order valence-electron chi connectivity index (χ4n) is 2.97. The standard InChI is InChI=1S/C14H28N4O2/c1-16(12-14(20)18-6-2-3-7-18)10-13(19)11-17-8-4-15-5-9-17/h13,15,19H,2-12H2,1H3. The lowest BCUT2D eigenvalue weighted by atomic mass is 10.2. The number of piperazine rings is 1. The van der Waals surface area contributed by atoms with Crippen molar-refractivity contribution in [1.29, 1.82) is 0 Å². The third-order valence-electron chi connectivity index (χ3n) is 4.06. The average Bonchev–Trinajstić information content (AvgIpc) is 2.93. The lowest BCUT2D eigenvalue weighted by Crippen LogP contribution is -2.48. The Bertz CT molecular complexity index is 302. The Morgan fingerprint density at radius 2 is 1.90 bits per heavy atom. The first-order valence-corrected chi connectivity index (χ1v) is 7.72. The number of aliphatic hydroxyl groups is 1. The largest absolute Gasteiger partial charge is 0.390 e. The van der Waals surface area contributed by atoms with Crippen LogP contribution < -0.4 is 5.32 Å². The summed E-state index contributed by atoms with van der Waals surface area (Å²) in [5, 5.41) is 13.4. The highest BCUT2D eigenvalue weighted by Crippen LogP contribution is 2.08. The number of amides is 1. The Morgan fingerprint density at radius 1 is 1.25 bits per heavy atom. The van der Waals surface area contributed by atoms with E-state index in [0.717, 1.165) is 52.1 Å². The highest BCUT2D eigenvalue weighted by atomic mass is 16.3. The van der Waals surface area contributed by atoms with Gasteiger partial charge in [-0.1, -0.05) is 0 Å². The van der Waals surface area contributed by atoms with E-state index >= 15 is 0 Å². The second-order valence-corrected chi connectivity index (χ2v) is 5.99. The molecule has 0 radical (unpaired) electrons. The predicted molar refractivity (Wildman–Crippen MR) is 78.6 cm³/mol. The van der Waals surface area contributed by atoms with Crippen LogP contribution in [0.15, 0.2) is 0 Å². The van der Waals surface area contributed by atoms with Crippen molar-refractivity contribution in [2.75, 3.05) is 66.0 Å². The van der Waals surface area contributed by atoms with Crippen molar-refractivity contribution in [3.05, 3.63) is 0 Å². The van der Waals surface area contributed by atoms with Crippen LogP contribution in [0.4, 0.5) is 0 Å². The Balaban J connectivity index is 1.64. The number of rotatable bonds is 6. The van der Waals surface area contributed by atoms with Gasteiger partial charge in [-0.3, -0.25) is 14.6 Å². The van der Waals surface area contributed by atoms with E-state index in [1.54, 1.807) is 0 Å². The second-order valence-electron chi connectivity index (χ2n) is 5.99. The molecule has 1 atom stereocenters. The Morgan fingerprint density at radius 3 is 2.55 bits per heavy atom. The van der Waals surface area contributed by atoms with Crippen molar-refractivity contribution < 1.29 is 9.90 Å². The van der Waals surface area contributed by atoms with E-state index in [1.807, 2.05) is 16.8 Å². The van der Waals surface area contributed by atoms with Gasteiger partial charge in [-0.05, 0) is 19.9 Å². The van der Waals surface area contributed by atoms with E-state index in [1.165, 1.54) is 0 Å². The van der Waals surface area contributed by atoms with Crippen LogP contribution in [-0.2, 0) is 4.79 Å². The first-order chi connectivity index (χ1) is 9.65. The molecule has 2 rings (SSSR count). The summed E-state index contributed by atoms with van der Waals surface area (Å²) in [6.45, 7) is 7.45. The third kappa shape index (κ3) is 5.01.